The van der Waals surface area contributed by atoms with E-state index in [0.29, 0.717) is 12.6 Å². The number of rotatable bonds is 3. The van der Waals surface area contributed by atoms with Gasteiger partial charge in [0.1, 0.15) is 5.82 Å². The number of nitrogens with zero attached hydrogens (tertiary/aromatic N) is 1. The van der Waals surface area contributed by atoms with Crippen molar-refractivity contribution >= 4 is 5.82 Å². The van der Waals surface area contributed by atoms with Crippen LogP contribution in [0, 0.1) is 23.7 Å². The first-order valence-electron chi connectivity index (χ1n) is 7.73. The van der Waals surface area contributed by atoms with Gasteiger partial charge in [0, 0.05) is 18.8 Å². The molecule has 1 aromatic rings. The molecular weight excluding hydrogens is 234 g/mol. The molecule has 4 aliphatic carbocycles. The Hall–Kier alpha value is -1.09. The Morgan fingerprint density at radius 2 is 1.74 bits per heavy atom. The summed E-state index contributed by atoms with van der Waals surface area (Å²) >= 11 is 0. The minimum Gasteiger partial charge on any atom is -0.367 e. The molecule has 5 rings (SSSR count). The van der Waals surface area contributed by atoms with Crippen molar-refractivity contribution in [1.82, 2.24) is 4.98 Å². The van der Waals surface area contributed by atoms with Gasteiger partial charge in [-0.1, -0.05) is 6.07 Å². The van der Waals surface area contributed by atoms with Gasteiger partial charge in [-0.15, -0.1) is 0 Å². The van der Waals surface area contributed by atoms with Crippen LogP contribution in [0.15, 0.2) is 18.3 Å². The van der Waals surface area contributed by atoms with Crippen molar-refractivity contribution in [3.8, 4) is 0 Å². The average molecular weight is 257 g/mol. The zero-order chi connectivity index (χ0) is 12.8. The van der Waals surface area contributed by atoms with Gasteiger partial charge in [-0.25, -0.2) is 4.98 Å². The lowest BCUT2D eigenvalue weighted by Crippen LogP contribution is -2.51. The van der Waals surface area contributed by atoms with Crippen LogP contribution in [0.2, 0.25) is 0 Å². The summed E-state index contributed by atoms with van der Waals surface area (Å²) in [6.45, 7) is 0.575. The van der Waals surface area contributed by atoms with Crippen LogP contribution in [0.4, 0.5) is 5.82 Å². The Labute approximate surface area is 115 Å². The highest BCUT2D eigenvalue weighted by molar-refractivity contribution is 5.37. The molecule has 4 saturated carbocycles. The lowest BCUT2D eigenvalue weighted by atomic mass is 9.54. The maximum atomic E-state index is 5.62. The van der Waals surface area contributed by atoms with Crippen molar-refractivity contribution in [3.05, 3.63) is 23.9 Å². The molecule has 0 radical (unpaired) electrons. The summed E-state index contributed by atoms with van der Waals surface area (Å²) in [5.74, 6) is 4.90. The predicted octanol–water partition coefficient (Wildman–Crippen LogP) is 2.78. The predicted molar refractivity (Wildman–Crippen MR) is 76.6 cm³/mol. The van der Waals surface area contributed by atoms with E-state index in [9.17, 15) is 0 Å². The quantitative estimate of drug-likeness (QED) is 0.875. The summed E-state index contributed by atoms with van der Waals surface area (Å²) in [5.41, 5.74) is 6.73. The summed E-state index contributed by atoms with van der Waals surface area (Å²) in [6.07, 6.45) is 9.22. The van der Waals surface area contributed by atoms with E-state index >= 15 is 0 Å². The highest BCUT2D eigenvalue weighted by Gasteiger charge is 2.48. The van der Waals surface area contributed by atoms with E-state index in [1.54, 1.807) is 0 Å². The van der Waals surface area contributed by atoms with Crippen LogP contribution in [0.5, 0.6) is 0 Å². The normalized spacial score (nSPS) is 39.5. The van der Waals surface area contributed by atoms with E-state index in [0.717, 1.165) is 35.1 Å². The van der Waals surface area contributed by atoms with Crippen molar-refractivity contribution in [1.29, 1.82) is 0 Å². The lowest BCUT2D eigenvalue weighted by Gasteiger charge is -2.54. The third-order valence-corrected chi connectivity index (χ3v) is 5.60. The largest absolute Gasteiger partial charge is 0.367 e. The van der Waals surface area contributed by atoms with Gasteiger partial charge in [-0.2, -0.15) is 0 Å². The fourth-order valence-corrected chi connectivity index (χ4v) is 4.96. The second-order valence-electron chi connectivity index (χ2n) is 6.86. The highest BCUT2D eigenvalue weighted by Crippen LogP contribution is 2.54. The molecule has 102 valence electrons. The van der Waals surface area contributed by atoms with Crippen LogP contribution in [0.25, 0.3) is 0 Å². The zero-order valence-electron chi connectivity index (χ0n) is 11.4. The Morgan fingerprint density at radius 3 is 2.26 bits per heavy atom. The molecule has 3 N–H and O–H groups in total. The van der Waals surface area contributed by atoms with E-state index in [-0.39, 0.29) is 0 Å². The van der Waals surface area contributed by atoms with Gasteiger partial charge < -0.3 is 11.1 Å². The Balaban J connectivity index is 1.50. The number of nitrogens with two attached hydrogens (primary N) is 1. The molecule has 0 atom stereocenters. The van der Waals surface area contributed by atoms with Crippen molar-refractivity contribution in [3.63, 3.8) is 0 Å². The van der Waals surface area contributed by atoms with Gasteiger partial charge in [-0.3, -0.25) is 0 Å². The van der Waals surface area contributed by atoms with Gasteiger partial charge in [0.05, 0.1) is 0 Å². The van der Waals surface area contributed by atoms with Crippen LogP contribution in [0.3, 0.4) is 0 Å². The van der Waals surface area contributed by atoms with Crippen LogP contribution in [0.1, 0.15) is 37.7 Å². The summed E-state index contributed by atoms with van der Waals surface area (Å²) in [5, 5.41) is 3.72. The Bertz CT molecular complexity index is 426. The van der Waals surface area contributed by atoms with Gasteiger partial charge in [0.2, 0.25) is 0 Å². The molecule has 1 heterocycles. The summed E-state index contributed by atoms with van der Waals surface area (Å²) in [6, 6.07) is 4.85. The number of anilines is 1. The summed E-state index contributed by atoms with van der Waals surface area (Å²) in [7, 11) is 0. The van der Waals surface area contributed by atoms with Gasteiger partial charge in [-0.05, 0) is 67.4 Å². The van der Waals surface area contributed by atoms with Crippen LogP contribution in [-0.2, 0) is 6.54 Å². The van der Waals surface area contributed by atoms with Crippen molar-refractivity contribution in [2.24, 2.45) is 29.4 Å². The molecule has 3 heteroatoms. The Morgan fingerprint density at radius 1 is 1.05 bits per heavy atom. The van der Waals surface area contributed by atoms with E-state index in [4.69, 9.17) is 5.73 Å². The fraction of sp³-hybridized carbons (Fsp3) is 0.688. The number of hydrogen-bond donors (Lipinski definition) is 2. The maximum absolute atomic E-state index is 5.62. The number of hydrogen-bond acceptors (Lipinski definition) is 3. The van der Waals surface area contributed by atoms with E-state index in [1.165, 1.54) is 32.1 Å². The van der Waals surface area contributed by atoms with Crippen LogP contribution < -0.4 is 11.1 Å². The summed E-state index contributed by atoms with van der Waals surface area (Å²) in [4.78, 5) is 4.51. The number of pyridine rings is 1. The molecule has 4 fully saturated rings. The molecule has 0 aliphatic heterocycles. The second kappa shape index (κ2) is 4.48. The third-order valence-electron chi connectivity index (χ3n) is 5.60. The molecule has 19 heavy (non-hydrogen) atoms. The van der Waals surface area contributed by atoms with Gasteiger partial charge in [0.25, 0.3) is 0 Å². The van der Waals surface area contributed by atoms with Crippen molar-refractivity contribution < 1.29 is 0 Å². The molecule has 4 bridgehead atoms. The molecular formula is C16H23N3. The van der Waals surface area contributed by atoms with Gasteiger partial charge >= 0.3 is 0 Å². The first-order chi connectivity index (χ1) is 9.31. The second-order valence-corrected chi connectivity index (χ2v) is 6.86. The molecule has 0 spiro atoms. The molecule has 4 aliphatic rings. The van der Waals surface area contributed by atoms with E-state index in [2.05, 4.69) is 22.4 Å². The smallest absolute Gasteiger partial charge is 0.126 e. The molecule has 0 aromatic carbocycles. The lowest BCUT2D eigenvalue weighted by molar-refractivity contribution is 0.00742. The SMILES string of the molecule is NCc1ccc(NC2C3CC4CC(C3)CC2C4)nc1. The molecule has 0 amide bonds. The number of nitrogens with one attached hydrogen (secondary N) is 1. The summed E-state index contributed by atoms with van der Waals surface area (Å²) < 4.78 is 0. The van der Waals surface area contributed by atoms with E-state index in [1.807, 2.05) is 6.20 Å². The number of aromatic nitrogens is 1. The van der Waals surface area contributed by atoms with Crippen molar-refractivity contribution in [2.45, 2.75) is 44.7 Å². The topological polar surface area (TPSA) is 50.9 Å². The first kappa shape index (κ1) is 11.7. The van der Waals surface area contributed by atoms with Crippen LogP contribution >= 0.6 is 0 Å². The molecule has 0 unspecified atom stereocenters. The fourth-order valence-electron chi connectivity index (χ4n) is 4.96. The highest BCUT2D eigenvalue weighted by atomic mass is 15.0. The molecule has 1 aromatic heterocycles. The average Bonchev–Trinajstić information content (AvgIpc) is 2.43. The minimum absolute atomic E-state index is 0.575. The third kappa shape index (κ3) is 2.04. The standard InChI is InChI=1S/C16H23N3/c17-8-10-1-2-15(18-9-10)19-16-13-4-11-3-12(6-13)7-14(16)5-11/h1-2,9,11-14,16H,3-8,17H2,(H,18,19). The van der Waals surface area contributed by atoms with E-state index < -0.39 is 0 Å². The monoisotopic (exact) mass is 257 g/mol. The molecule has 0 saturated heterocycles. The van der Waals surface area contributed by atoms with Crippen molar-refractivity contribution in [2.75, 3.05) is 5.32 Å². The maximum Gasteiger partial charge on any atom is 0.126 e. The minimum atomic E-state index is 0.575. The molecule has 3 nitrogen and oxygen atoms in total. The van der Waals surface area contributed by atoms with Gasteiger partial charge in [0.15, 0.2) is 0 Å². The first-order valence-corrected chi connectivity index (χ1v) is 7.73. The van der Waals surface area contributed by atoms with Crippen LogP contribution in [-0.4, -0.2) is 11.0 Å². The zero-order valence-corrected chi connectivity index (χ0v) is 11.4. The Kier molecular flexibility index (Phi) is 2.76.